The van der Waals surface area contributed by atoms with Crippen LogP contribution in [-0.2, 0) is 4.74 Å². The van der Waals surface area contributed by atoms with E-state index in [1.165, 1.54) is 6.42 Å². The number of fused-ring (bicyclic) bond motifs is 1. The first-order chi connectivity index (χ1) is 8.33. The van der Waals surface area contributed by atoms with Gasteiger partial charge in [-0.15, -0.1) is 0 Å². The van der Waals surface area contributed by atoms with E-state index in [0.717, 1.165) is 36.6 Å². The second-order valence-corrected chi connectivity index (χ2v) is 4.59. The molecule has 4 heteroatoms. The standard InChI is InChI=1S/C13H17N3O/c1-16(9-10-5-4-8-17-10)13-14-11-6-2-3-7-12(11)15-13/h2-3,6-7,10H,4-5,8-9H2,1H3,(H,14,15). The number of nitrogens with one attached hydrogen (secondary N) is 1. The Bertz CT molecular complexity index is 469. The number of likely N-dealkylation sites (N-methyl/N-ethyl adjacent to an activating group) is 1. The number of anilines is 1. The summed E-state index contributed by atoms with van der Waals surface area (Å²) in [5.41, 5.74) is 2.10. The van der Waals surface area contributed by atoms with Crippen molar-refractivity contribution in [3.63, 3.8) is 0 Å². The first kappa shape index (κ1) is 10.6. The lowest BCUT2D eigenvalue weighted by atomic mass is 10.2. The Morgan fingerprint density at radius 2 is 2.35 bits per heavy atom. The molecule has 1 saturated heterocycles. The Morgan fingerprint density at radius 1 is 1.47 bits per heavy atom. The number of aromatic amines is 1. The van der Waals surface area contributed by atoms with Crippen molar-refractivity contribution in [3.05, 3.63) is 24.3 Å². The number of H-pyrrole nitrogens is 1. The summed E-state index contributed by atoms with van der Waals surface area (Å²) in [6.45, 7) is 1.80. The Labute approximate surface area is 101 Å². The van der Waals surface area contributed by atoms with Gasteiger partial charge in [0.25, 0.3) is 0 Å². The minimum absolute atomic E-state index is 0.355. The zero-order chi connectivity index (χ0) is 11.7. The van der Waals surface area contributed by atoms with Crippen LogP contribution in [0.25, 0.3) is 11.0 Å². The van der Waals surface area contributed by atoms with Gasteiger partial charge >= 0.3 is 0 Å². The van der Waals surface area contributed by atoms with Gasteiger partial charge in [0.2, 0.25) is 5.95 Å². The van der Waals surface area contributed by atoms with Crippen LogP contribution < -0.4 is 4.90 Å². The van der Waals surface area contributed by atoms with Crippen LogP contribution in [0.2, 0.25) is 0 Å². The summed E-state index contributed by atoms with van der Waals surface area (Å²) < 4.78 is 5.64. The lowest BCUT2D eigenvalue weighted by Gasteiger charge is -2.19. The molecule has 1 aliphatic rings. The van der Waals surface area contributed by atoms with Gasteiger partial charge < -0.3 is 14.6 Å². The lowest BCUT2D eigenvalue weighted by Crippen LogP contribution is -2.29. The van der Waals surface area contributed by atoms with Crippen molar-refractivity contribution < 1.29 is 4.74 Å². The second kappa shape index (κ2) is 4.37. The second-order valence-electron chi connectivity index (χ2n) is 4.59. The van der Waals surface area contributed by atoms with Crippen LogP contribution in [0.1, 0.15) is 12.8 Å². The van der Waals surface area contributed by atoms with Gasteiger partial charge in [0, 0.05) is 20.2 Å². The molecule has 0 bridgehead atoms. The topological polar surface area (TPSA) is 41.1 Å². The van der Waals surface area contributed by atoms with Crippen LogP contribution in [0.15, 0.2) is 24.3 Å². The van der Waals surface area contributed by atoms with Crippen molar-refractivity contribution >= 4 is 17.0 Å². The molecule has 0 spiro atoms. The molecule has 0 amide bonds. The number of hydrogen-bond donors (Lipinski definition) is 1. The number of ether oxygens (including phenoxy) is 1. The highest BCUT2D eigenvalue weighted by atomic mass is 16.5. The molecule has 1 fully saturated rings. The maximum Gasteiger partial charge on any atom is 0.203 e. The van der Waals surface area contributed by atoms with Crippen molar-refractivity contribution in [2.75, 3.05) is 25.1 Å². The van der Waals surface area contributed by atoms with E-state index in [2.05, 4.69) is 21.9 Å². The van der Waals surface area contributed by atoms with Crippen molar-refractivity contribution in [1.29, 1.82) is 0 Å². The predicted molar refractivity (Wildman–Crippen MR) is 68.3 cm³/mol. The normalized spacial score (nSPS) is 19.9. The highest BCUT2D eigenvalue weighted by Gasteiger charge is 2.18. The summed E-state index contributed by atoms with van der Waals surface area (Å²) in [6, 6.07) is 8.10. The molecule has 4 nitrogen and oxygen atoms in total. The Balaban J connectivity index is 1.77. The summed E-state index contributed by atoms with van der Waals surface area (Å²) in [5, 5.41) is 0. The molecule has 1 aromatic heterocycles. The fourth-order valence-electron chi connectivity index (χ4n) is 2.30. The third kappa shape index (κ3) is 2.13. The van der Waals surface area contributed by atoms with Gasteiger partial charge in [0.05, 0.1) is 17.1 Å². The fraction of sp³-hybridized carbons (Fsp3) is 0.462. The number of rotatable bonds is 3. The Hall–Kier alpha value is -1.55. The van der Waals surface area contributed by atoms with E-state index in [1.807, 2.05) is 24.3 Å². The van der Waals surface area contributed by atoms with E-state index in [1.54, 1.807) is 0 Å². The van der Waals surface area contributed by atoms with E-state index in [0.29, 0.717) is 6.10 Å². The lowest BCUT2D eigenvalue weighted by molar-refractivity contribution is 0.116. The van der Waals surface area contributed by atoms with Crippen LogP contribution in [0.4, 0.5) is 5.95 Å². The Kier molecular flexibility index (Phi) is 2.73. The largest absolute Gasteiger partial charge is 0.376 e. The van der Waals surface area contributed by atoms with Crippen LogP contribution >= 0.6 is 0 Å². The minimum Gasteiger partial charge on any atom is -0.376 e. The average Bonchev–Trinajstić information content (AvgIpc) is 2.96. The average molecular weight is 231 g/mol. The minimum atomic E-state index is 0.355. The summed E-state index contributed by atoms with van der Waals surface area (Å²) in [6.07, 6.45) is 2.69. The Morgan fingerprint density at radius 3 is 3.12 bits per heavy atom. The summed E-state index contributed by atoms with van der Waals surface area (Å²) in [4.78, 5) is 10.0. The van der Waals surface area contributed by atoms with Crippen molar-refractivity contribution in [1.82, 2.24) is 9.97 Å². The summed E-state index contributed by atoms with van der Waals surface area (Å²) in [5.74, 6) is 0.918. The molecule has 0 aliphatic carbocycles. The van der Waals surface area contributed by atoms with Crippen LogP contribution in [0, 0.1) is 0 Å². The molecule has 2 heterocycles. The van der Waals surface area contributed by atoms with Crippen LogP contribution in [0.3, 0.4) is 0 Å². The molecular formula is C13H17N3O. The van der Waals surface area contributed by atoms with Gasteiger partial charge in [-0.2, -0.15) is 0 Å². The fourth-order valence-corrected chi connectivity index (χ4v) is 2.30. The first-order valence-corrected chi connectivity index (χ1v) is 6.10. The molecule has 1 N–H and O–H groups in total. The zero-order valence-electron chi connectivity index (χ0n) is 10.0. The molecule has 17 heavy (non-hydrogen) atoms. The number of imidazole rings is 1. The monoisotopic (exact) mass is 231 g/mol. The van der Waals surface area contributed by atoms with Crippen molar-refractivity contribution in [2.24, 2.45) is 0 Å². The number of aromatic nitrogens is 2. The maximum absolute atomic E-state index is 5.64. The highest BCUT2D eigenvalue weighted by molar-refractivity contribution is 5.77. The molecule has 1 aliphatic heterocycles. The molecule has 2 aromatic rings. The van der Waals surface area contributed by atoms with E-state index >= 15 is 0 Å². The third-order valence-corrected chi connectivity index (χ3v) is 3.24. The number of hydrogen-bond acceptors (Lipinski definition) is 3. The zero-order valence-corrected chi connectivity index (χ0v) is 10.0. The van der Waals surface area contributed by atoms with Gasteiger partial charge in [-0.1, -0.05) is 12.1 Å². The predicted octanol–water partition coefficient (Wildman–Crippen LogP) is 2.18. The molecular weight excluding hydrogens is 214 g/mol. The molecule has 3 rings (SSSR count). The maximum atomic E-state index is 5.64. The van der Waals surface area contributed by atoms with Gasteiger partial charge in [-0.3, -0.25) is 0 Å². The highest BCUT2D eigenvalue weighted by Crippen LogP contribution is 2.18. The van der Waals surface area contributed by atoms with Crippen molar-refractivity contribution in [3.8, 4) is 0 Å². The molecule has 0 saturated carbocycles. The van der Waals surface area contributed by atoms with Gasteiger partial charge in [-0.25, -0.2) is 4.98 Å². The van der Waals surface area contributed by atoms with Crippen LogP contribution in [0.5, 0.6) is 0 Å². The first-order valence-electron chi connectivity index (χ1n) is 6.10. The summed E-state index contributed by atoms with van der Waals surface area (Å²) in [7, 11) is 2.05. The molecule has 1 aromatic carbocycles. The van der Waals surface area contributed by atoms with E-state index in [4.69, 9.17) is 4.74 Å². The molecule has 1 atom stereocenters. The van der Waals surface area contributed by atoms with E-state index in [9.17, 15) is 0 Å². The van der Waals surface area contributed by atoms with E-state index < -0.39 is 0 Å². The molecule has 1 unspecified atom stereocenters. The molecule has 0 radical (unpaired) electrons. The number of benzene rings is 1. The van der Waals surface area contributed by atoms with Gasteiger partial charge in [-0.05, 0) is 25.0 Å². The quantitative estimate of drug-likeness (QED) is 0.880. The summed E-state index contributed by atoms with van der Waals surface area (Å²) >= 11 is 0. The van der Waals surface area contributed by atoms with E-state index in [-0.39, 0.29) is 0 Å². The van der Waals surface area contributed by atoms with Gasteiger partial charge in [0.1, 0.15) is 0 Å². The molecule has 90 valence electrons. The third-order valence-electron chi connectivity index (χ3n) is 3.24. The van der Waals surface area contributed by atoms with Gasteiger partial charge in [0.15, 0.2) is 0 Å². The van der Waals surface area contributed by atoms with Crippen LogP contribution in [-0.4, -0.2) is 36.3 Å². The van der Waals surface area contributed by atoms with Crippen molar-refractivity contribution in [2.45, 2.75) is 18.9 Å². The number of nitrogens with zero attached hydrogens (tertiary/aromatic N) is 2. The number of para-hydroxylation sites is 2. The SMILES string of the molecule is CN(CC1CCCO1)c1nc2ccccc2[nH]1. The smallest absolute Gasteiger partial charge is 0.203 e.